The van der Waals surface area contributed by atoms with Gasteiger partial charge in [0.05, 0.1) is 5.92 Å². The van der Waals surface area contributed by atoms with Crippen molar-refractivity contribution >= 4 is 17.5 Å². The van der Waals surface area contributed by atoms with E-state index in [0.29, 0.717) is 12.5 Å². The van der Waals surface area contributed by atoms with Crippen LogP contribution in [0.25, 0.3) is 0 Å². The fourth-order valence-electron chi connectivity index (χ4n) is 3.34. The first-order chi connectivity index (χ1) is 10.7. The number of carbonyl (C=O) groups is 2. The predicted molar refractivity (Wildman–Crippen MR) is 85.7 cm³/mol. The molecule has 0 saturated carbocycles. The van der Waals surface area contributed by atoms with Gasteiger partial charge in [-0.2, -0.15) is 0 Å². The maximum absolute atomic E-state index is 12.4. The third-order valence-corrected chi connectivity index (χ3v) is 4.57. The number of nitrogens with one attached hydrogen (secondary N) is 3. The van der Waals surface area contributed by atoms with E-state index in [9.17, 15) is 9.59 Å². The lowest BCUT2D eigenvalue weighted by molar-refractivity contribution is -0.126. The van der Waals surface area contributed by atoms with Crippen molar-refractivity contribution < 1.29 is 9.59 Å². The van der Waals surface area contributed by atoms with Crippen LogP contribution in [0.2, 0.25) is 0 Å². The molecule has 2 aliphatic rings. The molecule has 1 aromatic rings. The van der Waals surface area contributed by atoms with Gasteiger partial charge in [-0.15, -0.1) is 0 Å². The van der Waals surface area contributed by atoms with Gasteiger partial charge in [0.15, 0.2) is 0 Å². The lowest BCUT2D eigenvalue weighted by Gasteiger charge is -2.26. The van der Waals surface area contributed by atoms with Crippen LogP contribution in [0.1, 0.15) is 37.2 Å². The predicted octanol–water partition coefficient (Wildman–Crippen LogP) is 1.62. The summed E-state index contributed by atoms with van der Waals surface area (Å²) in [6.07, 6.45) is 3.68. The van der Waals surface area contributed by atoms with Gasteiger partial charge < -0.3 is 16.0 Å². The highest BCUT2D eigenvalue weighted by Gasteiger charge is 2.30. The second-order valence-electron chi connectivity index (χ2n) is 6.18. The molecular formula is C17H23N3O2. The number of fused-ring (bicyclic) bond motifs is 1. The lowest BCUT2D eigenvalue weighted by atomic mass is 9.89. The summed E-state index contributed by atoms with van der Waals surface area (Å²) in [5.74, 6) is 0.159. The van der Waals surface area contributed by atoms with Crippen LogP contribution < -0.4 is 16.0 Å². The minimum Gasteiger partial charge on any atom is -0.356 e. The van der Waals surface area contributed by atoms with Crippen LogP contribution in [0.5, 0.6) is 0 Å². The molecule has 2 unspecified atom stereocenters. The van der Waals surface area contributed by atoms with Crippen LogP contribution >= 0.6 is 0 Å². The van der Waals surface area contributed by atoms with E-state index >= 15 is 0 Å². The SMILES string of the molecule is O=C1CC(C(=O)NCCC2CCCNC2)c2ccccc2N1. The van der Waals surface area contributed by atoms with Gasteiger partial charge in [-0.1, -0.05) is 18.2 Å². The van der Waals surface area contributed by atoms with Crippen molar-refractivity contribution in [2.24, 2.45) is 5.92 Å². The maximum atomic E-state index is 12.4. The molecule has 2 atom stereocenters. The molecule has 5 heteroatoms. The Morgan fingerprint density at radius 3 is 3.00 bits per heavy atom. The topological polar surface area (TPSA) is 70.2 Å². The molecule has 0 spiro atoms. The average Bonchev–Trinajstić information content (AvgIpc) is 2.55. The zero-order valence-electron chi connectivity index (χ0n) is 12.7. The quantitative estimate of drug-likeness (QED) is 0.791. The zero-order valence-corrected chi connectivity index (χ0v) is 12.7. The molecule has 2 heterocycles. The van der Waals surface area contributed by atoms with Crippen molar-refractivity contribution in [3.05, 3.63) is 29.8 Å². The molecule has 0 bridgehead atoms. The van der Waals surface area contributed by atoms with E-state index in [4.69, 9.17) is 0 Å². The molecule has 0 aliphatic carbocycles. The molecule has 3 N–H and O–H groups in total. The summed E-state index contributed by atoms with van der Waals surface area (Å²) in [6.45, 7) is 2.84. The minimum atomic E-state index is -0.366. The van der Waals surface area contributed by atoms with Crippen molar-refractivity contribution in [2.75, 3.05) is 25.0 Å². The van der Waals surface area contributed by atoms with E-state index in [2.05, 4.69) is 16.0 Å². The van der Waals surface area contributed by atoms with Gasteiger partial charge in [0.2, 0.25) is 11.8 Å². The normalized spacial score (nSPS) is 24.3. The Hall–Kier alpha value is -1.88. The van der Waals surface area contributed by atoms with E-state index in [1.165, 1.54) is 12.8 Å². The largest absolute Gasteiger partial charge is 0.356 e. The first-order valence-corrected chi connectivity index (χ1v) is 8.11. The standard InChI is InChI=1S/C17H23N3O2/c21-16-10-14(13-5-1-2-6-15(13)20-16)17(22)19-9-7-12-4-3-8-18-11-12/h1-2,5-6,12,14,18H,3-4,7-11H2,(H,19,22)(H,20,21). The van der Waals surface area contributed by atoms with Gasteiger partial charge in [0, 0.05) is 18.7 Å². The van der Waals surface area contributed by atoms with Crippen LogP contribution in [0.15, 0.2) is 24.3 Å². The Kier molecular flexibility index (Phi) is 4.73. The third-order valence-electron chi connectivity index (χ3n) is 4.57. The molecule has 118 valence electrons. The Bertz CT molecular complexity index is 553. The van der Waals surface area contributed by atoms with Crippen molar-refractivity contribution in [3.63, 3.8) is 0 Å². The Labute approximate surface area is 130 Å². The molecule has 2 amide bonds. The molecule has 3 rings (SSSR count). The summed E-state index contributed by atoms with van der Waals surface area (Å²) < 4.78 is 0. The molecule has 0 aromatic heterocycles. The number of anilines is 1. The summed E-state index contributed by atoms with van der Waals surface area (Å²) >= 11 is 0. The first kappa shape index (κ1) is 15.0. The number of benzene rings is 1. The monoisotopic (exact) mass is 301 g/mol. The number of piperidine rings is 1. The van der Waals surface area contributed by atoms with Crippen LogP contribution in [-0.2, 0) is 9.59 Å². The summed E-state index contributed by atoms with van der Waals surface area (Å²) in [5.41, 5.74) is 1.68. The van der Waals surface area contributed by atoms with E-state index in [0.717, 1.165) is 30.8 Å². The summed E-state index contributed by atoms with van der Waals surface area (Å²) in [7, 11) is 0. The molecule has 1 saturated heterocycles. The van der Waals surface area contributed by atoms with Crippen LogP contribution in [0.4, 0.5) is 5.69 Å². The Morgan fingerprint density at radius 2 is 2.18 bits per heavy atom. The average molecular weight is 301 g/mol. The number of hydrogen-bond donors (Lipinski definition) is 3. The summed E-state index contributed by atoms with van der Waals surface area (Å²) in [6, 6.07) is 7.55. The van der Waals surface area contributed by atoms with E-state index < -0.39 is 0 Å². The van der Waals surface area contributed by atoms with E-state index in [1.807, 2.05) is 24.3 Å². The van der Waals surface area contributed by atoms with Gasteiger partial charge in [0.1, 0.15) is 0 Å². The van der Waals surface area contributed by atoms with Gasteiger partial charge in [0.25, 0.3) is 0 Å². The van der Waals surface area contributed by atoms with Crippen molar-refractivity contribution in [3.8, 4) is 0 Å². The Balaban J connectivity index is 1.56. The molecule has 0 radical (unpaired) electrons. The van der Waals surface area contributed by atoms with Gasteiger partial charge in [-0.25, -0.2) is 0 Å². The van der Waals surface area contributed by atoms with Crippen LogP contribution in [0, 0.1) is 5.92 Å². The second kappa shape index (κ2) is 6.92. The van der Waals surface area contributed by atoms with Crippen LogP contribution in [0.3, 0.4) is 0 Å². The third kappa shape index (κ3) is 3.47. The minimum absolute atomic E-state index is 0.0360. The number of amides is 2. The van der Waals surface area contributed by atoms with E-state index in [1.54, 1.807) is 0 Å². The number of hydrogen-bond acceptors (Lipinski definition) is 3. The van der Waals surface area contributed by atoms with Gasteiger partial charge >= 0.3 is 0 Å². The summed E-state index contributed by atoms with van der Waals surface area (Å²) in [5, 5.41) is 9.23. The highest BCUT2D eigenvalue weighted by Crippen LogP contribution is 2.31. The smallest absolute Gasteiger partial charge is 0.228 e. The second-order valence-corrected chi connectivity index (χ2v) is 6.18. The van der Waals surface area contributed by atoms with E-state index in [-0.39, 0.29) is 24.2 Å². The Morgan fingerprint density at radius 1 is 1.32 bits per heavy atom. The highest BCUT2D eigenvalue weighted by molar-refractivity contribution is 6.01. The van der Waals surface area contributed by atoms with Gasteiger partial charge in [-0.05, 0) is 49.9 Å². The number of carbonyl (C=O) groups excluding carboxylic acids is 2. The fraction of sp³-hybridized carbons (Fsp3) is 0.529. The zero-order chi connectivity index (χ0) is 15.4. The molecule has 5 nitrogen and oxygen atoms in total. The summed E-state index contributed by atoms with van der Waals surface area (Å²) in [4.78, 5) is 24.2. The molecule has 1 aromatic carbocycles. The first-order valence-electron chi connectivity index (χ1n) is 8.11. The number of para-hydroxylation sites is 1. The molecule has 22 heavy (non-hydrogen) atoms. The fourth-order valence-corrected chi connectivity index (χ4v) is 3.34. The lowest BCUT2D eigenvalue weighted by Crippen LogP contribution is -2.37. The van der Waals surface area contributed by atoms with Crippen LogP contribution in [-0.4, -0.2) is 31.4 Å². The maximum Gasteiger partial charge on any atom is 0.228 e. The highest BCUT2D eigenvalue weighted by atomic mass is 16.2. The van der Waals surface area contributed by atoms with Crippen molar-refractivity contribution in [1.82, 2.24) is 10.6 Å². The van der Waals surface area contributed by atoms with Crippen molar-refractivity contribution in [2.45, 2.75) is 31.6 Å². The number of rotatable bonds is 4. The molecule has 1 fully saturated rings. The van der Waals surface area contributed by atoms with Crippen molar-refractivity contribution in [1.29, 1.82) is 0 Å². The van der Waals surface area contributed by atoms with Gasteiger partial charge in [-0.3, -0.25) is 9.59 Å². The molecule has 2 aliphatic heterocycles. The molecular weight excluding hydrogens is 278 g/mol.